The summed E-state index contributed by atoms with van der Waals surface area (Å²) in [5, 5.41) is 7.34. The Bertz CT molecular complexity index is 464. The van der Waals surface area contributed by atoms with Gasteiger partial charge in [0.15, 0.2) is 0 Å². The number of aromatic nitrogens is 4. The van der Waals surface area contributed by atoms with Crippen LogP contribution in [0.1, 0.15) is 5.56 Å². The van der Waals surface area contributed by atoms with Gasteiger partial charge >= 0.3 is 0 Å². The summed E-state index contributed by atoms with van der Waals surface area (Å²) in [7, 11) is 0. The van der Waals surface area contributed by atoms with Crippen molar-refractivity contribution in [2.45, 2.75) is 13.5 Å². The van der Waals surface area contributed by atoms with Crippen LogP contribution in [0.15, 0.2) is 24.7 Å². The van der Waals surface area contributed by atoms with Gasteiger partial charge < -0.3 is 11.1 Å². The summed E-state index contributed by atoms with van der Waals surface area (Å²) in [6.45, 7) is 3.55. The summed E-state index contributed by atoms with van der Waals surface area (Å²) in [5.41, 5.74) is 6.62. The first kappa shape index (κ1) is 10.4. The van der Waals surface area contributed by atoms with Crippen molar-refractivity contribution < 1.29 is 0 Å². The number of hydrogen-bond acceptors (Lipinski definition) is 5. The van der Waals surface area contributed by atoms with E-state index in [1.807, 2.05) is 24.0 Å². The lowest BCUT2D eigenvalue weighted by molar-refractivity contribution is 0.636. The Morgan fingerprint density at radius 2 is 2.38 bits per heavy atom. The zero-order valence-corrected chi connectivity index (χ0v) is 9.09. The number of nitrogens with one attached hydrogen (secondary N) is 1. The number of aryl methyl sites for hydroxylation is 1. The number of nitrogens with two attached hydrogens (primary N) is 1. The summed E-state index contributed by atoms with van der Waals surface area (Å²) in [4.78, 5) is 7.85. The highest BCUT2D eigenvalue weighted by Gasteiger charge is 1.96. The van der Waals surface area contributed by atoms with Crippen molar-refractivity contribution in [3.05, 3.63) is 30.2 Å². The second kappa shape index (κ2) is 4.61. The fourth-order valence-corrected chi connectivity index (χ4v) is 1.36. The van der Waals surface area contributed by atoms with Crippen molar-refractivity contribution in [3.8, 4) is 0 Å². The monoisotopic (exact) mass is 218 g/mol. The van der Waals surface area contributed by atoms with Gasteiger partial charge in [-0.1, -0.05) is 0 Å². The van der Waals surface area contributed by atoms with Gasteiger partial charge in [-0.05, 0) is 18.6 Å². The number of nitrogen functional groups attached to an aromatic ring is 1. The first-order valence-corrected chi connectivity index (χ1v) is 5.05. The molecule has 2 rings (SSSR count). The highest BCUT2D eigenvalue weighted by atomic mass is 15.3. The third-order valence-electron chi connectivity index (χ3n) is 2.08. The molecular formula is C10H14N6. The number of rotatable bonds is 4. The molecule has 84 valence electrons. The van der Waals surface area contributed by atoms with Crippen LogP contribution in [0.2, 0.25) is 0 Å². The average molecular weight is 218 g/mol. The van der Waals surface area contributed by atoms with E-state index in [2.05, 4.69) is 20.4 Å². The Balaban J connectivity index is 1.84. The van der Waals surface area contributed by atoms with Crippen LogP contribution in [0.25, 0.3) is 0 Å². The molecule has 0 spiro atoms. The Morgan fingerprint density at radius 1 is 1.50 bits per heavy atom. The molecule has 0 aromatic carbocycles. The van der Waals surface area contributed by atoms with Crippen LogP contribution in [0, 0.1) is 6.92 Å². The van der Waals surface area contributed by atoms with Crippen molar-refractivity contribution in [3.63, 3.8) is 0 Å². The Hall–Kier alpha value is -2.11. The molecule has 2 aromatic rings. The normalized spacial score (nSPS) is 10.3. The van der Waals surface area contributed by atoms with E-state index in [1.54, 1.807) is 12.3 Å². The van der Waals surface area contributed by atoms with Crippen LogP contribution in [0.3, 0.4) is 0 Å². The molecule has 3 N–H and O–H groups in total. The fraction of sp³-hybridized carbons (Fsp3) is 0.300. The van der Waals surface area contributed by atoms with Crippen molar-refractivity contribution in [2.75, 3.05) is 17.6 Å². The average Bonchev–Trinajstić information content (AvgIpc) is 2.64. The van der Waals surface area contributed by atoms with E-state index < -0.39 is 0 Å². The summed E-state index contributed by atoms with van der Waals surface area (Å²) < 4.78 is 1.88. The molecule has 6 nitrogen and oxygen atoms in total. The highest BCUT2D eigenvalue weighted by Crippen LogP contribution is 2.02. The minimum absolute atomic E-state index is 0.278. The molecule has 0 aliphatic carbocycles. The van der Waals surface area contributed by atoms with Crippen LogP contribution in [-0.2, 0) is 6.54 Å². The van der Waals surface area contributed by atoms with Crippen LogP contribution >= 0.6 is 0 Å². The minimum Gasteiger partial charge on any atom is -0.368 e. The Morgan fingerprint density at radius 3 is 3.06 bits per heavy atom. The molecule has 0 unspecified atom stereocenters. The number of anilines is 2. The molecule has 0 saturated heterocycles. The number of nitrogens with zero attached hydrogens (tertiary/aromatic N) is 4. The summed E-state index contributed by atoms with van der Waals surface area (Å²) in [5.74, 6) is 1.01. The topological polar surface area (TPSA) is 81.7 Å². The van der Waals surface area contributed by atoms with Gasteiger partial charge in [0.1, 0.15) is 5.82 Å². The van der Waals surface area contributed by atoms with Crippen LogP contribution in [-0.4, -0.2) is 26.3 Å². The van der Waals surface area contributed by atoms with Crippen LogP contribution in [0.5, 0.6) is 0 Å². The van der Waals surface area contributed by atoms with Crippen molar-refractivity contribution in [1.29, 1.82) is 0 Å². The van der Waals surface area contributed by atoms with E-state index in [-0.39, 0.29) is 5.95 Å². The molecule has 6 heteroatoms. The maximum absolute atomic E-state index is 5.47. The molecule has 0 atom stereocenters. The van der Waals surface area contributed by atoms with Gasteiger partial charge in [-0.25, -0.2) is 4.98 Å². The molecule has 0 bridgehead atoms. The SMILES string of the molecule is Cc1cnn(CCNc2ccnc(N)n2)c1. The van der Waals surface area contributed by atoms with Crippen molar-refractivity contribution in [1.82, 2.24) is 19.7 Å². The lowest BCUT2D eigenvalue weighted by Crippen LogP contribution is -2.12. The van der Waals surface area contributed by atoms with E-state index in [0.717, 1.165) is 24.5 Å². The van der Waals surface area contributed by atoms with Crippen LogP contribution < -0.4 is 11.1 Å². The van der Waals surface area contributed by atoms with E-state index in [1.165, 1.54) is 0 Å². The molecule has 0 fully saturated rings. The molecule has 2 aromatic heterocycles. The third-order valence-corrected chi connectivity index (χ3v) is 2.08. The van der Waals surface area contributed by atoms with Crippen molar-refractivity contribution in [2.24, 2.45) is 0 Å². The van der Waals surface area contributed by atoms with E-state index in [4.69, 9.17) is 5.73 Å². The molecular weight excluding hydrogens is 204 g/mol. The Labute approximate surface area is 93.5 Å². The standard InChI is InChI=1S/C10H14N6/c1-8-6-14-16(7-8)5-4-12-9-2-3-13-10(11)15-9/h2-3,6-7H,4-5H2,1H3,(H3,11,12,13,15). The van der Waals surface area contributed by atoms with E-state index in [9.17, 15) is 0 Å². The summed E-state index contributed by atoms with van der Waals surface area (Å²) in [6, 6.07) is 1.78. The lowest BCUT2D eigenvalue weighted by atomic mass is 10.4. The summed E-state index contributed by atoms with van der Waals surface area (Å²) in [6.07, 6.45) is 5.46. The smallest absolute Gasteiger partial charge is 0.221 e. The molecule has 0 radical (unpaired) electrons. The van der Waals surface area contributed by atoms with Gasteiger partial charge in [0.2, 0.25) is 5.95 Å². The van der Waals surface area contributed by atoms with Gasteiger partial charge in [-0.2, -0.15) is 10.1 Å². The number of hydrogen-bond donors (Lipinski definition) is 2. The largest absolute Gasteiger partial charge is 0.368 e. The molecule has 0 saturated carbocycles. The van der Waals surface area contributed by atoms with Gasteiger partial charge in [0, 0.05) is 18.9 Å². The zero-order chi connectivity index (χ0) is 11.4. The predicted molar refractivity (Wildman–Crippen MR) is 61.9 cm³/mol. The van der Waals surface area contributed by atoms with E-state index in [0.29, 0.717) is 0 Å². The quantitative estimate of drug-likeness (QED) is 0.788. The highest BCUT2D eigenvalue weighted by molar-refractivity contribution is 5.36. The van der Waals surface area contributed by atoms with Gasteiger partial charge in [0.25, 0.3) is 0 Å². The molecule has 0 amide bonds. The second-order valence-electron chi connectivity index (χ2n) is 3.51. The Kier molecular flexibility index (Phi) is 3.00. The van der Waals surface area contributed by atoms with Crippen LogP contribution in [0.4, 0.5) is 11.8 Å². The minimum atomic E-state index is 0.278. The molecule has 2 heterocycles. The maximum atomic E-state index is 5.47. The first-order chi connectivity index (χ1) is 7.74. The van der Waals surface area contributed by atoms with Gasteiger partial charge in [-0.15, -0.1) is 0 Å². The molecule has 16 heavy (non-hydrogen) atoms. The van der Waals surface area contributed by atoms with Gasteiger partial charge in [-0.3, -0.25) is 4.68 Å². The summed E-state index contributed by atoms with van der Waals surface area (Å²) >= 11 is 0. The first-order valence-electron chi connectivity index (χ1n) is 5.05. The zero-order valence-electron chi connectivity index (χ0n) is 9.09. The second-order valence-corrected chi connectivity index (χ2v) is 3.51. The predicted octanol–water partition coefficient (Wildman–Crippen LogP) is 0.676. The lowest BCUT2D eigenvalue weighted by Gasteiger charge is -2.05. The van der Waals surface area contributed by atoms with Crippen molar-refractivity contribution >= 4 is 11.8 Å². The third kappa shape index (κ3) is 2.69. The maximum Gasteiger partial charge on any atom is 0.221 e. The van der Waals surface area contributed by atoms with E-state index >= 15 is 0 Å². The molecule has 0 aliphatic rings. The van der Waals surface area contributed by atoms with Gasteiger partial charge in [0.05, 0.1) is 12.7 Å². The molecule has 0 aliphatic heterocycles. The fourth-order valence-electron chi connectivity index (χ4n) is 1.36.